The van der Waals surface area contributed by atoms with Crippen LogP contribution in [-0.2, 0) is 14.3 Å². The molecule has 2 rings (SSSR count). The molecule has 0 aliphatic carbocycles. The topological polar surface area (TPSA) is 122 Å². The number of morpholine rings is 1. The molecule has 162 valence electrons. The van der Waals surface area contributed by atoms with E-state index in [-0.39, 0.29) is 18.4 Å². The molecule has 1 unspecified atom stereocenters. The van der Waals surface area contributed by atoms with Gasteiger partial charge in [0.25, 0.3) is 17.8 Å². The first-order valence-electron chi connectivity index (χ1n) is 9.42. The number of amides is 2. The van der Waals surface area contributed by atoms with E-state index in [0.717, 1.165) is 18.9 Å². The van der Waals surface area contributed by atoms with Crippen LogP contribution in [0.5, 0.6) is 5.75 Å². The predicted octanol–water partition coefficient (Wildman–Crippen LogP) is 0.743. The summed E-state index contributed by atoms with van der Waals surface area (Å²) >= 11 is 0. The van der Waals surface area contributed by atoms with Gasteiger partial charge in [0.1, 0.15) is 5.75 Å². The van der Waals surface area contributed by atoms with Crippen molar-refractivity contribution in [1.29, 1.82) is 0 Å². The summed E-state index contributed by atoms with van der Waals surface area (Å²) in [5, 5.41) is 7.42. The molecule has 2 amide bonds. The Bertz CT molecular complexity index is 703. The molecule has 1 aromatic carbocycles. The third-order valence-corrected chi connectivity index (χ3v) is 4.11. The lowest BCUT2D eigenvalue weighted by molar-refractivity contribution is -0.145. The Morgan fingerprint density at radius 1 is 1.34 bits per heavy atom. The number of likely N-dealkylation sites (N-methyl/N-ethyl adjacent to an activating group) is 1. The molecule has 9 nitrogen and oxygen atoms in total. The molecule has 29 heavy (non-hydrogen) atoms. The van der Waals surface area contributed by atoms with E-state index >= 15 is 0 Å². The average molecular weight is 409 g/mol. The van der Waals surface area contributed by atoms with Gasteiger partial charge >= 0.3 is 0 Å². The Labute approximate surface area is 171 Å². The third kappa shape index (κ3) is 8.08. The first kappa shape index (κ1) is 24.4. The van der Waals surface area contributed by atoms with E-state index in [1.54, 1.807) is 31.1 Å². The molecular formula is C20H31N3O6. The lowest BCUT2D eigenvalue weighted by atomic mass is 10.1. The molecule has 1 aromatic rings. The second-order valence-electron chi connectivity index (χ2n) is 6.83. The lowest BCUT2D eigenvalue weighted by Gasteiger charge is -2.33. The number of rotatable bonds is 6. The molecule has 9 heteroatoms. The third-order valence-electron chi connectivity index (χ3n) is 4.11. The monoisotopic (exact) mass is 409 g/mol. The van der Waals surface area contributed by atoms with Gasteiger partial charge in [-0.05, 0) is 37.6 Å². The van der Waals surface area contributed by atoms with E-state index in [1.807, 2.05) is 13.0 Å². The molecule has 0 saturated carbocycles. The van der Waals surface area contributed by atoms with Crippen LogP contribution in [0.25, 0.3) is 0 Å². The molecule has 0 aromatic heterocycles. The fourth-order valence-corrected chi connectivity index (χ4v) is 2.61. The highest BCUT2D eigenvalue weighted by Gasteiger charge is 2.30. The van der Waals surface area contributed by atoms with Crippen molar-refractivity contribution in [2.45, 2.75) is 26.4 Å². The standard InChI is InChI=1S/C18H27N3O4.C2H4O2/c1-13-5-6-14(11-15(13)24-9-4-7-19)17(22)21-8-10-25-16(12-21)18(23)20(2)3;1-2(3)4/h5-6,11,16H,4,7-10,12,19H2,1-3H3;1H3,(H,3,4). The zero-order valence-corrected chi connectivity index (χ0v) is 17.5. The number of hydrogen-bond donors (Lipinski definition) is 2. The van der Waals surface area contributed by atoms with Crippen molar-refractivity contribution in [1.82, 2.24) is 9.80 Å². The van der Waals surface area contributed by atoms with Gasteiger partial charge in [0.2, 0.25) is 0 Å². The molecule has 1 atom stereocenters. The minimum atomic E-state index is -0.833. The molecule has 1 aliphatic heterocycles. The van der Waals surface area contributed by atoms with Crippen LogP contribution >= 0.6 is 0 Å². The van der Waals surface area contributed by atoms with Crippen molar-refractivity contribution in [3.05, 3.63) is 29.3 Å². The molecule has 3 N–H and O–H groups in total. The minimum absolute atomic E-state index is 0.122. The van der Waals surface area contributed by atoms with Crippen LogP contribution in [0.2, 0.25) is 0 Å². The maximum atomic E-state index is 12.8. The molecule has 1 aliphatic rings. The van der Waals surface area contributed by atoms with Gasteiger partial charge in [-0.2, -0.15) is 0 Å². The van der Waals surface area contributed by atoms with Crippen LogP contribution in [0.4, 0.5) is 0 Å². The highest BCUT2D eigenvalue weighted by Crippen LogP contribution is 2.21. The van der Waals surface area contributed by atoms with Gasteiger partial charge in [-0.25, -0.2) is 0 Å². The highest BCUT2D eigenvalue weighted by atomic mass is 16.5. The van der Waals surface area contributed by atoms with Crippen molar-refractivity contribution < 1.29 is 29.0 Å². The Balaban J connectivity index is 0.000000960. The summed E-state index contributed by atoms with van der Waals surface area (Å²) in [4.78, 5) is 37.0. The molecule has 0 bridgehead atoms. The van der Waals surface area contributed by atoms with Crippen LogP contribution in [-0.4, -0.2) is 85.7 Å². The SMILES string of the molecule is CC(=O)O.Cc1ccc(C(=O)N2CCOC(C(=O)N(C)C)C2)cc1OCCCN. The van der Waals surface area contributed by atoms with Crippen molar-refractivity contribution in [2.75, 3.05) is 46.9 Å². The summed E-state index contributed by atoms with van der Waals surface area (Å²) in [6.45, 7) is 5.17. The Morgan fingerprint density at radius 2 is 2.00 bits per heavy atom. The van der Waals surface area contributed by atoms with E-state index in [9.17, 15) is 9.59 Å². The number of benzene rings is 1. The first-order valence-corrected chi connectivity index (χ1v) is 9.42. The largest absolute Gasteiger partial charge is 0.493 e. The number of carboxylic acids is 1. The van der Waals surface area contributed by atoms with Gasteiger partial charge in [0.15, 0.2) is 6.10 Å². The second-order valence-corrected chi connectivity index (χ2v) is 6.83. The summed E-state index contributed by atoms with van der Waals surface area (Å²) in [5.74, 6) is -0.399. The zero-order chi connectivity index (χ0) is 22.0. The minimum Gasteiger partial charge on any atom is -0.493 e. The fourth-order valence-electron chi connectivity index (χ4n) is 2.61. The van der Waals surface area contributed by atoms with Crippen molar-refractivity contribution >= 4 is 17.8 Å². The average Bonchev–Trinajstić information content (AvgIpc) is 2.68. The van der Waals surface area contributed by atoms with Crippen LogP contribution in [0, 0.1) is 6.92 Å². The molecule has 0 spiro atoms. The van der Waals surface area contributed by atoms with Crippen molar-refractivity contribution in [2.24, 2.45) is 5.73 Å². The summed E-state index contributed by atoms with van der Waals surface area (Å²) in [7, 11) is 3.36. The summed E-state index contributed by atoms with van der Waals surface area (Å²) in [5.41, 5.74) is 7.00. The van der Waals surface area contributed by atoms with Gasteiger partial charge in [0, 0.05) is 33.1 Å². The van der Waals surface area contributed by atoms with E-state index < -0.39 is 12.1 Å². The Morgan fingerprint density at radius 3 is 2.59 bits per heavy atom. The zero-order valence-electron chi connectivity index (χ0n) is 17.5. The number of nitrogens with zero attached hydrogens (tertiary/aromatic N) is 2. The normalized spacial score (nSPS) is 15.8. The van der Waals surface area contributed by atoms with Gasteiger partial charge in [-0.3, -0.25) is 14.4 Å². The van der Waals surface area contributed by atoms with Crippen LogP contribution in [0.1, 0.15) is 29.3 Å². The number of hydrogen-bond acceptors (Lipinski definition) is 6. The maximum absolute atomic E-state index is 12.8. The molecule has 1 saturated heterocycles. The highest BCUT2D eigenvalue weighted by molar-refractivity contribution is 5.95. The summed E-state index contributed by atoms with van der Waals surface area (Å²) < 4.78 is 11.2. The number of aryl methyl sites for hydroxylation is 1. The van der Waals surface area contributed by atoms with Gasteiger partial charge in [0.05, 0.1) is 19.8 Å². The number of carboxylic acid groups (broad SMARTS) is 1. The quantitative estimate of drug-likeness (QED) is 0.665. The number of carbonyl (C=O) groups is 3. The smallest absolute Gasteiger partial charge is 0.300 e. The van der Waals surface area contributed by atoms with E-state index in [0.29, 0.717) is 37.6 Å². The Hall–Kier alpha value is -2.65. The number of carbonyl (C=O) groups excluding carboxylic acids is 2. The lowest BCUT2D eigenvalue weighted by Crippen LogP contribution is -2.51. The van der Waals surface area contributed by atoms with Crippen LogP contribution < -0.4 is 10.5 Å². The maximum Gasteiger partial charge on any atom is 0.300 e. The first-order chi connectivity index (χ1) is 13.7. The van der Waals surface area contributed by atoms with E-state index in [1.165, 1.54) is 4.90 Å². The van der Waals surface area contributed by atoms with E-state index in [2.05, 4.69) is 0 Å². The molecule has 1 fully saturated rings. The Kier molecular flexibility index (Phi) is 10.1. The fraction of sp³-hybridized carbons (Fsp3) is 0.550. The van der Waals surface area contributed by atoms with Crippen LogP contribution in [0.3, 0.4) is 0 Å². The van der Waals surface area contributed by atoms with Crippen molar-refractivity contribution in [3.8, 4) is 5.75 Å². The van der Waals surface area contributed by atoms with Gasteiger partial charge in [-0.15, -0.1) is 0 Å². The van der Waals surface area contributed by atoms with Crippen LogP contribution in [0.15, 0.2) is 18.2 Å². The molecule has 0 radical (unpaired) electrons. The predicted molar refractivity (Wildman–Crippen MR) is 108 cm³/mol. The van der Waals surface area contributed by atoms with Gasteiger partial charge < -0.3 is 30.1 Å². The number of aliphatic carboxylic acids is 1. The molecular weight excluding hydrogens is 378 g/mol. The second kappa shape index (κ2) is 12.0. The van der Waals surface area contributed by atoms with E-state index in [4.69, 9.17) is 25.1 Å². The summed E-state index contributed by atoms with van der Waals surface area (Å²) in [6.07, 6.45) is 0.147. The number of nitrogens with two attached hydrogens (primary N) is 1. The number of ether oxygens (including phenoxy) is 2. The molecule has 1 heterocycles. The van der Waals surface area contributed by atoms with Crippen molar-refractivity contribution in [3.63, 3.8) is 0 Å². The summed E-state index contributed by atoms with van der Waals surface area (Å²) in [6, 6.07) is 5.41. The van der Waals surface area contributed by atoms with Gasteiger partial charge in [-0.1, -0.05) is 6.07 Å².